The van der Waals surface area contributed by atoms with E-state index in [0.717, 1.165) is 17.7 Å². The van der Waals surface area contributed by atoms with E-state index in [1.165, 1.54) is 4.90 Å². The van der Waals surface area contributed by atoms with Crippen LogP contribution in [-0.4, -0.2) is 83.7 Å². The molecule has 0 aromatic heterocycles. The van der Waals surface area contributed by atoms with E-state index in [4.69, 9.17) is 4.74 Å². The van der Waals surface area contributed by atoms with E-state index in [1.54, 1.807) is 0 Å². The quantitative estimate of drug-likeness (QED) is 0.324. The second kappa shape index (κ2) is 15.9. The lowest BCUT2D eigenvalue weighted by Gasteiger charge is -2.35. The van der Waals surface area contributed by atoms with Gasteiger partial charge >= 0.3 is 6.09 Å². The normalized spacial score (nSPS) is 17.4. The SMILES string of the molecule is CC(C)CN(C)C[C@@H](O)[C@H](Cc1ccccc1)NC(=O)[C@@H](NC(=O)C1CCCN1C(=O)OCc1ccccc1)C(C)(C)C. The smallest absolute Gasteiger partial charge is 0.410 e. The second-order valence-corrected chi connectivity index (χ2v) is 13.2. The van der Waals surface area contributed by atoms with Crippen molar-refractivity contribution in [2.24, 2.45) is 11.3 Å². The fraction of sp³-hybridized carbons (Fsp3) is 0.559. The van der Waals surface area contributed by atoms with Crippen molar-refractivity contribution in [2.75, 3.05) is 26.7 Å². The summed E-state index contributed by atoms with van der Waals surface area (Å²) < 4.78 is 5.50. The molecule has 0 saturated carbocycles. The van der Waals surface area contributed by atoms with Crippen molar-refractivity contribution in [3.8, 4) is 0 Å². The minimum Gasteiger partial charge on any atom is -0.445 e. The summed E-state index contributed by atoms with van der Waals surface area (Å²) in [4.78, 5) is 43.8. The summed E-state index contributed by atoms with van der Waals surface area (Å²) >= 11 is 0. The van der Waals surface area contributed by atoms with Gasteiger partial charge in [-0.1, -0.05) is 95.3 Å². The predicted molar refractivity (Wildman–Crippen MR) is 168 cm³/mol. The maximum Gasteiger partial charge on any atom is 0.410 e. The first kappa shape index (κ1) is 34.1. The average molecular weight is 595 g/mol. The molecule has 2 aromatic rings. The molecule has 1 fully saturated rings. The van der Waals surface area contributed by atoms with Crippen LogP contribution in [-0.2, 0) is 27.4 Å². The molecular weight excluding hydrogens is 544 g/mol. The van der Waals surface area contributed by atoms with Crippen LogP contribution in [0.5, 0.6) is 0 Å². The number of amides is 3. The number of nitrogens with zero attached hydrogens (tertiary/aromatic N) is 2. The number of rotatable bonds is 13. The van der Waals surface area contributed by atoms with Crippen molar-refractivity contribution < 1.29 is 24.2 Å². The summed E-state index contributed by atoms with van der Waals surface area (Å²) in [6.07, 6.45) is 0.226. The standard InChI is InChI=1S/C34H50N4O5/c1-24(2)21-37(6)22-29(39)27(20-25-14-9-7-10-15-25)35-32(41)30(34(3,4)5)36-31(40)28-18-13-19-38(28)33(42)43-23-26-16-11-8-12-17-26/h7-12,14-17,24,27-30,39H,13,18-23H2,1-6H3,(H,35,41)(H,36,40)/t27-,28?,29+,30+/m0/s1. The van der Waals surface area contributed by atoms with E-state index >= 15 is 0 Å². The minimum absolute atomic E-state index is 0.120. The third kappa shape index (κ3) is 10.7. The zero-order chi connectivity index (χ0) is 31.6. The van der Waals surface area contributed by atoms with E-state index in [1.807, 2.05) is 88.5 Å². The van der Waals surface area contributed by atoms with Gasteiger partial charge in [-0.2, -0.15) is 0 Å². The van der Waals surface area contributed by atoms with Crippen LogP contribution >= 0.6 is 0 Å². The largest absolute Gasteiger partial charge is 0.445 e. The van der Waals surface area contributed by atoms with Crippen molar-refractivity contribution >= 4 is 17.9 Å². The Bertz CT molecular complexity index is 1170. The Morgan fingerprint density at radius 1 is 0.977 bits per heavy atom. The van der Waals surface area contributed by atoms with Crippen molar-refractivity contribution in [3.05, 3.63) is 71.8 Å². The highest BCUT2D eigenvalue weighted by molar-refractivity contribution is 5.92. The van der Waals surface area contributed by atoms with Crippen LogP contribution in [0, 0.1) is 11.3 Å². The first-order valence-electron chi connectivity index (χ1n) is 15.3. The molecule has 1 saturated heterocycles. The van der Waals surface area contributed by atoms with E-state index in [0.29, 0.717) is 38.3 Å². The van der Waals surface area contributed by atoms with Crippen LogP contribution < -0.4 is 10.6 Å². The van der Waals surface area contributed by atoms with Gasteiger partial charge in [0.05, 0.1) is 12.1 Å². The topological polar surface area (TPSA) is 111 Å². The first-order valence-corrected chi connectivity index (χ1v) is 15.3. The van der Waals surface area contributed by atoms with E-state index in [2.05, 4.69) is 29.4 Å². The molecule has 9 heteroatoms. The molecular formula is C34H50N4O5. The summed E-state index contributed by atoms with van der Waals surface area (Å²) in [5.41, 5.74) is 1.22. The summed E-state index contributed by atoms with van der Waals surface area (Å²) in [5, 5.41) is 17.3. The van der Waals surface area contributed by atoms with Gasteiger partial charge in [0.2, 0.25) is 11.8 Å². The molecule has 0 spiro atoms. The van der Waals surface area contributed by atoms with Gasteiger partial charge in [-0.05, 0) is 48.8 Å². The Kier molecular flexibility index (Phi) is 12.6. The lowest BCUT2D eigenvalue weighted by molar-refractivity contribution is -0.134. The fourth-order valence-corrected chi connectivity index (χ4v) is 5.54. The first-order chi connectivity index (χ1) is 20.3. The molecule has 236 valence electrons. The van der Waals surface area contributed by atoms with Crippen LogP contribution in [0.1, 0.15) is 58.6 Å². The number of benzene rings is 2. The fourth-order valence-electron chi connectivity index (χ4n) is 5.54. The molecule has 1 aliphatic rings. The number of hydrogen-bond donors (Lipinski definition) is 3. The summed E-state index contributed by atoms with van der Waals surface area (Å²) in [6, 6.07) is 16.9. The molecule has 0 bridgehead atoms. The van der Waals surface area contributed by atoms with Crippen LogP contribution in [0.15, 0.2) is 60.7 Å². The number of aliphatic hydroxyl groups excluding tert-OH is 1. The number of aliphatic hydroxyl groups is 1. The van der Waals surface area contributed by atoms with E-state index in [9.17, 15) is 19.5 Å². The minimum atomic E-state index is -0.887. The lowest BCUT2D eigenvalue weighted by Crippen LogP contribution is -2.60. The molecule has 0 aliphatic carbocycles. The van der Waals surface area contributed by atoms with E-state index < -0.39 is 35.7 Å². The van der Waals surface area contributed by atoms with Gasteiger partial charge in [-0.3, -0.25) is 14.5 Å². The molecule has 9 nitrogen and oxygen atoms in total. The van der Waals surface area contributed by atoms with Gasteiger partial charge in [-0.15, -0.1) is 0 Å². The van der Waals surface area contributed by atoms with Gasteiger partial charge < -0.3 is 25.4 Å². The molecule has 3 N–H and O–H groups in total. The highest BCUT2D eigenvalue weighted by Gasteiger charge is 2.40. The van der Waals surface area contributed by atoms with Gasteiger partial charge in [-0.25, -0.2) is 4.79 Å². The number of carbonyl (C=O) groups excluding carboxylic acids is 3. The maximum atomic E-state index is 13.8. The highest BCUT2D eigenvalue weighted by Crippen LogP contribution is 2.24. The van der Waals surface area contributed by atoms with Crippen LogP contribution in [0.4, 0.5) is 4.79 Å². The average Bonchev–Trinajstić information content (AvgIpc) is 3.44. The molecule has 2 aromatic carbocycles. The zero-order valence-electron chi connectivity index (χ0n) is 26.6. The maximum absolute atomic E-state index is 13.8. The van der Waals surface area contributed by atoms with Crippen molar-refractivity contribution in [2.45, 2.75) is 84.7 Å². The Hall–Kier alpha value is -3.43. The van der Waals surface area contributed by atoms with Crippen LogP contribution in [0.3, 0.4) is 0 Å². The Morgan fingerprint density at radius 2 is 1.58 bits per heavy atom. The van der Waals surface area contributed by atoms with Gasteiger partial charge in [0.25, 0.3) is 0 Å². The Morgan fingerprint density at radius 3 is 2.16 bits per heavy atom. The monoisotopic (exact) mass is 594 g/mol. The summed E-state index contributed by atoms with van der Waals surface area (Å²) in [6.45, 7) is 11.6. The van der Waals surface area contributed by atoms with Crippen LogP contribution in [0.2, 0.25) is 0 Å². The number of carbonyl (C=O) groups is 3. The molecule has 4 atom stereocenters. The van der Waals surface area contributed by atoms with Crippen molar-refractivity contribution in [3.63, 3.8) is 0 Å². The zero-order valence-corrected chi connectivity index (χ0v) is 26.6. The molecule has 1 aliphatic heterocycles. The Balaban J connectivity index is 1.71. The third-order valence-corrected chi connectivity index (χ3v) is 7.68. The van der Waals surface area contributed by atoms with E-state index in [-0.39, 0.29) is 18.4 Å². The molecule has 0 radical (unpaired) electrons. The third-order valence-electron chi connectivity index (χ3n) is 7.68. The highest BCUT2D eigenvalue weighted by atomic mass is 16.6. The van der Waals surface area contributed by atoms with Gasteiger partial charge in [0.1, 0.15) is 18.7 Å². The Labute approximate surface area is 257 Å². The number of likely N-dealkylation sites (tertiary alicyclic amines) is 1. The number of ether oxygens (including phenoxy) is 1. The summed E-state index contributed by atoms with van der Waals surface area (Å²) in [7, 11) is 1.96. The van der Waals surface area contributed by atoms with Crippen molar-refractivity contribution in [1.29, 1.82) is 0 Å². The van der Waals surface area contributed by atoms with Crippen molar-refractivity contribution in [1.82, 2.24) is 20.4 Å². The summed E-state index contributed by atoms with van der Waals surface area (Å²) in [5.74, 6) is -0.324. The number of likely N-dealkylation sites (N-methyl/N-ethyl adjacent to an activating group) is 1. The molecule has 3 rings (SSSR count). The number of nitrogens with one attached hydrogen (secondary N) is 2. The molecule has 1 heterocycles. The van der Waals surface area contributed by atoms with Gasteiger partial charge in [0, 0.05) is 19.6 Å². The second-order valence-electron chi connectivity index (χ2n) is 13.2. The van der Waals surface area contributed by atoms with Gasteiger partial charge in [0.15, 0.2) is 0 Å². The molecule has 3 amide bonds. The predicted octanol–water partition coefficient (Wildman–Crippen LogP) is 3.99. The lowest BCUT2D eigenvalue weighted by atomic mass is 9.85. The molecule has 1 unspecified atom stereocenters. The van der Waals surface area contributed by atoms with Crippen LogP contribution in [0.25, 0.3) is 0 Å². The molecule has 43 heavy (non-hydrogen) atoms. The number of hydrogen-bond acceptors (Lipinski definition) is 6.